The van der Waals surface area contributed by atoms with Gasteiger partial charge in [0.25, 0.3) is 5.91 Å². The molecule has 1 N–H and O–H groups in total. The molecule has 0 atom stereocenters. The molecule has 1 amide bonds. The molecule has 2 aromatic carbocycles. The van der Waals surface area contributed by atoms with Gasteiger partial charge in [0.15, 0.2) is 0 Å². The molecule has 0 spiro atoms. The Kier molecular flexibility index (Phi) is 5.73. The van der Waals surface area contributed by atoms with Crippen LogP contribution in [-0.2, 0) is 6.54 Å². The van der Waals surface area contributed by atoms with Crippen LogP contribution in [0.3, 0.4) is 0 Å². The Bertz CT molecular complexity index is 751. The lowest BCUT2D eigenvalue weighted by Crippen LogP contribution is -3.13. The SMILES string of the molecule is COc1cccc(OC)c1C(=O)N1CC[NH+](Cc2cccc(F)c2)CC1. The van der Waals surface area contributed by atoms with Crippen LogP contribution >= 0.6 is 0 Å². The number of piperazine rings is 1. The maximum atomic E-state index is 13.3. The molecular weight excluding hydrogens is 335 g/mol. The number of hydrogen-bond acceptors (Lipinski definition) is 3. The zero-order valence-corrected chi connectivity index (χ0v) is 15.1. The summed E-state index contributed by atoms with van der Waals surface area (Å²) in [7, 11) is 3.10. The summed E-state index contributed by atoms with van der Waals surface area (Å²) in [6, 6.07) is 12.0. The van der Waals surface area contributed by atoms with Gasteiger partial charge in [-0.3, -0.25) is 4.79 Å². The molecule has 2 aromatic rings. The van der Waals surface area contributed by atoms with Gasteiger partial charge in [-0.1, -0.05) is 18.2 Å². The first-order chi connectivity index (χ1) is 12.6. The highest BCUT2D eigenvalue weighted by atomic mass is 19.1. The molecule has 0 aliphatic carbocycles. The van der Waals surface area contributed by atoms with Crippen LogP contribution in [0.5, 0.6) is 11.5 Å². The van der Waals surface area contributed by atoms with Crippen molar-refractivity contribution in [2.24, 2.45) is 0 Å². The molecule has 0 saturated carbocycles. The topological polar surface area (TPSA) is 43.2 Å². The number of ether oxygens (including phenoxy) is 2. The predicted octanol–water partition coefficient (Wildman–Crippen LogP) is 1.38. The van der Waals surface area contributed by atoms with Gasteiger partial charge >= 0.3 is 0 Å². The highest BCUT2D eigenvalue weighted by Crippen LogP contribution is 2.29. The molecule has 0 bridgehead atoms. The number of methoxy groups -OCH3 is 2. The van der Waals surface area contributed by atoms with E-state index in [1.54, 1.807) is 44.6 Å². The average molecular weight is 359 g/mol. The Hall–Kier alpha value is -2.60. The molecule has 0 unspecified atom stereocenters. The molecule has 1 saturated heterocycles. The van der Waals surface area contributed by atoms with Crippen LogP contribution in [0.4, 0.5) is 4.39 Å². The van der Waals surface area contributed by atoms with Crippen molar-refractivity contribution in [1.82, 2.24) is 4.90 Å². The van der Waals surface area contributed by atoms with Gasteiger partial charge in [0.2, 0.25) is 0 Å². The summed E-state index contributed by atoms with van der Waals surface area (Å²) < 4.78 is 24.0. The summed E-state index contributed by atoms with van der Waals surface area (Å²) in [6.07, 6.45) is 0. The minimum Gasteiger partial charge on any atom is -0.496 e. The second-order valence-corrected chi connectivity index (χ2v) is 6.39. The summed E-state index contributed by atoms with van der Waals surface area (Å²) in [5.41, 5.74) is 1.44. The second kappa shape index (κ2) is 8.19. The first-order valence-electron chi connectivity index (χ1n) is 8.70. The summed E-state index contributed by atoms with van der Waals surface area (Å²) in [5.74, 6) is 0.746. The van der Waals surface area contributed by atoms with Gasteiger partial charge in [0, 0.05) is 5.56 Å². The molecule has 1 fully saturated rings. The largest absolute Gasteiger partial charge is 0.496 e. The Labute approximate surface area is 152 Å². The number of nitrogens with one attached hydrogen (secondary N) is 1. The van der Waals surface area contributed by atoms with E-state index in [2.05, 4.69) is 0 Å². The van der Waals surface area contributed by atoms with Crippen LogP contribution in [-0.4, -0.2) is 51.2 Å². The number of carbonyl (C=O) groups is 1. The third kappa shape index (κ3) is 3.96. The quantitative estimate of drug-likeness (QED) is 0.877. The minimum atomic E-state index is -0.209. The van der Waals surface area contributed by atoms with Crippen molar-refractivity contribution >= 4 is 5.91 Å². The number of quaternary nitrogens is 1. The fraction of sp³-hybridized carbons (Fsp3) is 0.350. The fourth-order valence-electron chi connectivity index (χ4n) is 3.36. The van der Waals surface area contributed by atoms with Crippen molar-refractivity contribution in [3.05, 3.63) is 59.4 Å². The summed E-state index contributed by atoms with van der Waals surface area (Å²) >= 11 is 0. The third-order valence-corrected chi connectivity index (χ3v) is 4.74. The molecule has 3 rings (SSSR count). The Balaban J connectivity index is 1.66. The van der Waals surface area contributed by atoms with Gasteiger partial charge in [-0.05, 0) is 24.3 Å². The van der Waals surface area contributed by atoms with Crippen LogP contribution in [0.15, 0.2) is 42.5 Å². The smallest absolute Gasteiger partial charge is 0.261 e. The molecule has 26 heavy (non-hydrogen) atoms. The van der Waals surface area contributed by atoms with Gasteiger partial charge < -0.3 is 19.3 Å². The van der Waals surface area contributed by atoms with Crippen molar-refractivity contribution in [1.29, 1.82) is 0 Å². The third-order valence-electron chi connectivity index (χ3n) is 4.74. The summed E-state index contributed by atoms with van der Waals surface area (Å²) in [6.45, 7) is 3.69. The molecule has 6 heteroatoms. The lowest BCUT2D eigenvalue weighted by atomic mass is 10.1. The van der Waals surface area contributed by atoms with Crippen LogP contribution in [0.25, 0.3) is 0 Å². The standard InChI is InChI=1S/C20H23FN2O3/c1-25-17-7-4-8-18(26-2)19(17)20(24)23-11-9-22(10-12-23)14-15-5-3-6-16(21)13-15/h3-8,13H,9-12,14H2,1-2H3/p+1. The molecular formula is C20H24FN2O3+. The van der Waals surface area contributed by atoms with Crippen molar-refractivity contribution in [3.8, 4) is 11.5 Å². The highest BCUT2D eigenvalue weighted by molar-refractivity contribution is 5.99. The number of benzene rings is 2. The van der Waals surface area contributed by atoms with Gasteiger partial charge in [-0.2, -0.15) is 0 Å². The predicted molar refractivity (Wildman–Crippen MR) is 96.3 cm³/mol. The van der Waals surface area contributed by atoms with Gasteiger partial charge in [-0.15, -0.1) is 0 Å². The van der Waals surface area contributed by atoms with E-state index in [0.29, 0.717) is 30.2 Å². The van der Waals surface area contributed by atoms with Crippen LogP contribution in [0.1, 0.15) is 15.9 Å². The normalized spacial score (nSPS) is 15.0. The molecule has 1 aliphatic rings. The van der Waals surface area contributed by atoms with E-state index in [4.69, 9.17) is 9.47 Å². The summed E-state index contributed by atoms with van der Waals surface area (Å²) in [5, 5.41) is 0. The monoisotopic (exact) mass is 359 g/mol. The molecule has 5 nitrogen and oxygen atoms in total. The van der Waals surface area contributed by atoms with Gasteiger partial charge in [-0.25, -0.2) is 4.39 Å². The van der Waals surface area contributed by atoms with E-state index in [9.17, 15) is 9.18 Å². The van der Waals surface area contributed by atoms with E-state index in [1.807, 2.05) is 11.0 Å². The molecule has 1 heterocycles. The van der Waals surface area contributed by atoms with Crippen molar-refractivity contribution in [2.75, 3.05) is 40.4 Å². The van der Waals surface area contributed by atoms with Crippen LogP contribution < -0.4 is 14.4 Å². The number of nitrogens with zero attached hydrogens (tertiary/aromatic N) is 1. The van der Waals surface area contributed by atoms with E-state index in [1.165, 1.54) is 11.0 Å². The Morgan fingerprint density at radius 3 is 2.27 bits per heavy atom. The number of carbonyl (C=O) groups excluding carboxylic acids is 1. The number of amides is 1. The Morgan fingerprint density at radius 1 is 1.08 bits per heavy atom. The molecule has 1 aliphatic heterocycles. The maximum absolute atomic E-state index is 13.3. The Morgan fingerprint density at radius 2 is 1.69 bits per heavy atom. The summed E-state index contributed by atoms with van der Waals surface area (Å²) in [4.78, 5) is 16.1. The highest BCUT2D eigenvalue weighted by Gasteiger charge is 2.28. The minimum absolute atomic E-state index is 0.0795. The van der Waals surface area contributed by atoms with Crippen molar-refractivity contribution in [2.45, 2.75) is 6.54 Å². The first kappa shape index (κ1) is 18.2. The molecule has 138 valence electrons. The van der Waals surface area contributed by atoms with E-state index in [-0.39, 0.29) is 11.7 Å². The number of hydrogen-bond donors (Lipinski definition) is 1. The lowest BCUT2D eigenvalue weighted by molar-refractivity contribution is -0.917. The second-order valence-electron chi connectivity index (χ2n) is 6.39. The number of rotatable bonds is 5. The van der Waals surface area contributed by atoms with Gasteiger partial charge in [0.1, 0.15) is 29.4 Å². The van der Waals surface area contributed by atoms with E-state index >= 15 is 0 Å². The van der Waals surface area contributed by atoms with Crippen molar-refractivity contribution < 1.29 is 23.6 Å². The fourth-order valence-corrected chi connectivity index (χ4v) is 3.36. The molecule has 0 radical (unpaired) electrons. The van der Waals surface area contributed by atoms with Crippen molar-refractivity contribution in [3.63, 3.8) is 0 Å². The van der Waals surface area contributed by atoms with E-state index in [0.717, 1.165) is 25.2 Å². The van der Waals surface area contributed by atoms with Crippen LogP contribution in [0, 0.1) is 5.82 Å². The van der Waals surface area contributed by atoms with Crippen LogP contribution in [0.2, 0.25) is 0 Å². The lowest BCUT2D eigenvalue weighted by Gasteiger charge is -2.32. The zero-order valence-electron chi connectivity index (χ0n) is 15.1. The zero-order chi connectivity index (χ0) is 18.5. The van der Waals surface area contributed by atoms with E-state index < -0.39 is 0 Å². The first-order valence-corrected chi connectivity index (χ1v) is 8.70. The van der Waals surface area contributed by atoms with Gasteiger partial charge in [0.05, 0.1) is 40.4 Å². The average Bonchev–Trinajstić information content (AvgIpc) is 2.67. The number of halogens is 1. The molecule has 0 aromatic heterocycles. The maximum Gasteiger partial charge on any atom is 0.261 e.